The highest BCUT2D eigenvalue weighted by Gasteiger charge is 2.33. The van der Waals surface area contributed by atoms with E-state index in [-0.39, 0.29) is 24.1 Å². The number of thiophene rings is 1. The van der Waals surface area contributed by atoms with Gasteiger partial charge < -0.3 is 4.90 Å². The van der Waals surface area contributed by atoms with Crippen LogP contribution in [0.25, 0.3) is 15.7 Å². The highest BCUT2D eigenvalue weighted by molar-refractivity contribution is 7.17. The minimum Gasteiger partial charge on any atom is -0.334 e. The Hall–Kier alpha value is -3.00. The van der Waals surface area contributed by atoms with Gasteiger partial charge in [0.1, 0.15) is 17.9 Å². The molecule has 29 heavy (non-hydrogen) atoms. The molecule has 4 aromatic rings. The first-order valence-electron chi connectivity index (χ1n) is 9.82. The zero-order valence-electron chi connectivity index (χ0n) is 16.1. The number of aromatic nitrogens is 4. The number of amides is 1. The average Bonchev–Trinajstić information content (AvgIpc) is 3.36. The number of nitrogens with zero attached hydrogens (tertiary/aromatic N) is 5. The molecule has 1 amide bonds. The molecule has 1 aliphatic rings. The molecule has 0 aromatic carbocycles. The molecule has 1 aliphatic carbocycles. The molecule has 0 aliphatic heterocycles. The molecule has 0 unspecified atom stereocenters. The third-order valence-electron chi connectivity index (χ3n) is 5.38. The van der Waals surface area contributed by atoms with Gasteiger partial charge in [-0.2, -0.15) is 5.10 Å². The highest BCUT2D eigenvalue weighted by atomic mass is 32.1. The highest BCUT2D eigenvalue weighted by Crippen LogP contribution is 2.29. The van der Waals surface area contributed by atoms with Crippen LogP contribution in [-0.2, 0) is 24.3 Å². The second kappa shape index (κ2) is 7.11. The number of carbonyl (C=O) groups excluding carboxylic acids is 1. The predicted molar refractivity (Wildman–Crippen MR) is 112 cm³/mol. The van der Waals surface area contributed by atoms with E-state index in [2.05, 4.69) is 10.1 Å². The van der Waals surface area contributed by atoms with E-state index in [1.807, 2.05) is 45.9 Å². The molecule has 7 nitrogen and oxygen atoms in total. The summed E-state index contributed by atoms with van der Waals surface area (Å²) < 4.78 is 4.31. The van der Waals surface area contributed by atoms with Gasteiger partial charge in [0, 0.05) is 31.4 Å². The van der Waals surface area contributed by atoms with Gasteiger partial charge in [0.05, 0.1) is 10.2 Å². The predicted octanol–water partition coefficient (Wildman–Crippen LogP) is 2.86. The molecule has 1 saturated carbocycles. The number of carbonyl (C=O) groups is 1. The lowest BCUT2D eigenvalue weighted by Gasteiger charge is -2.23. The van der Waals surface area contributed by atoms with Gasteiger partial charge in [-0.05, 0) is 48.1 Å². The van der Waals surface area contributed by atoms with E-state index in [1.165, 1.54) is 4.68 Å². The lowest BCUT2D eigenvalue weighted by molar-refractivity contribution is -0.133. The molecule has 0 radical (unpaired) electrons. The van der Waals surface area contributed by atoms with Crippen LogP contribution < -0.4 is 5.56 Å². The Morgan fingerprint density at radius 2 is 2.03 bits per heavy atom. The number of aryl methyl sites for hydroxylation is 1. The minimum absolute atomic E-state index is 0.0389. The van der Waals surface area contributed by atoms with Crippen molar-refractivity contribution in [1.82, 2.24) is 24.1 Å². The summed E-state index contributed by atoms with van der Waals surface area (Å²) in [6.45, 7) is 2.50. The van der Waals surface area contributed by atoms with Gasteiger partial charge in [0.2, 0.25) is 5.91 Å². The zero-order chi connectivity index (χ0) is 20.0. The molecule has 0 bridgehead atoms. The van der Waals surface area contributed by atoms with Crippen molar-refractivity contribution in [3.05, 3.63) is 63.8 Å². The van der Waals surface area contributed by atoms with Gasteiger partial charge >= 0.3 is 0 Å². The van der Waals surface area contributed by atoms with Gasteiger partial charge in [-0.15, -0.1) is 11.3 Å². The Kier molecular flexibility index (Phi) is 4.43. The Labute approximate surface area is 171 Å². The quantitative estimate of drug-likeness (QED) is 0.493. The second-order valence-corrected chi connectivity index (χ2v) is 8.32. The third-order valence-corrected chi connectivity index (χ3v) is 6.24. The maximum absolute atomic E-state index is 13.1. The smallest absolute Gasteiger partial charge is 0.291 e. The first-order chi connectivity index (χ1) is 14.2. The van der Waals surface area contributed by atoms with Crippen LogP contribution >= 0.6 is 11.3 Å². The van der Waals surface area contributed by atoms with Crippen molar-refractivity contribution >= 4 is 33.0 Å². The van der Waals surface area contributed by atoms with Crippen LogP contribution in [0.4, 0.5) is 0 Å². The first kappa shape index (κ1) is 18.1. The fraction of sp³-hybridized carbons (Fsp3) is 0.333. The van der Waals surface area contributed by atoms with Gasteiger partial charge in [-0.3, -0.25) is 19.0 Å². The first-order valence-corrected chi connectivity index (χ1v) is 10.7. The Morgan fingerprint density at radius 1 is 1.24 bits per heavy atom. The average molecular weight is 407 g/mol. The van der Waals surface area contributed by atoms with Crippen molar-refractivity contribution in [2.75, 3.05) is 0 Å². The SMILES string of the molecule is CCc1nn(CC(=O)N(Cc2ccncc2)C2CC2)c(=O)c2cc3sccc3n12. The van der Waals surface area contributed by atoms with Crippen LogP contribution in [0.15, 0.2) is 46.8 Å². The van der Waals surface area contributed by atoms with Crippen molar-refractivity contribution in [3.8, 4) is 0 Å². The summed E-state index contributed by atoms with van der Waals surface area (Å²) in [5.41, 5.74) is 2.40. The Morgan fingerprint density at radius 3 is 2.76 bits per heavy atom. The number of hydrogen-bond donors (Lipinski definition) is 0. The molecule has 8 heteroatoms. The summed E-state index contributed by atoms with van der Waals surface area (Å²) in [5, 5.41) is 6.56. The van der Waals surface area contributed by atoms with E-state index in [4.69, 9.17) is 0 Å². The van der Waals surface area contributed by atoms with E-state index in [0.29, 0.717) is 18.5 Å². The standard InChI is InChI=1S/C21H21N5O2S/c1-2-19-23-25(21(28)17-11-18-16(26(17)19)7-10-29-18)13-20(27)24(15-3-4-15)12-14-5-8-22-9-6-14/h5-11,15H,2-4,12-13H2,1H3. The molecule has 0 atom stereocenters. The topological polar surface area (TPSA) is 72.5 Å². The summed E-state index contributed by atoms with van der Waals surface area (Å²) in [6.07, 6.45) is 6.15. The van der Waals surface area contributed by atoms with Crippen molar-refractivity contribution < 1.29 is 4.79 Å². The van der Waals surface area contributed by atoms with Gasteiger partial charge in [0.25, 0.3) is 5.56 Å². The molecule has 5 rings (SSSR count). The van der Waals surface area contributed by atoms with E-state index in [1.54, 1.807) is 23.7 Å². The van der Waals surface area contributed by atoms with E-state index in [9.17, 15) is 9.59 Å². The van der Waals surface area contributed by atoms with E-state index < -0.39 is 0 Å². The van der Waals surface area contributed by atoms with Crippen LogP contribution in [0.5, 0.6) is 0 Å². The molecular weight excluding hydrogens is 386 g/mol. The fourth-order valence-electron chi connectivity index (χ4n) is 3.77. The van der Waals surface area contributed by atoms with Gasteiger partial charge in [-0.25, -0.2) is 4.68 Å². The van der Waals surface area contributed by atoms with E-state index >= 15 is 0 Å². The molecule has 0 saturated heterocycles. The van der Waals surface area contributed by atoms with Crippen LogP contribution in [0.1, 0.15) is 31.2 Å². The fourth-order valence-corrected chi connectivity index (χ4v) is 4.57. The summed E-state index contributed by atoms with van der Waals surface area (Å²) in [7, 11) is 0. The largest absolute Gasteiger partial charge is 0.334 e. The summed E-state index contributed by atoms with van der Waals surface area (Å²) in [6, 6.07) is 7.99. The summed E-state index contributed by atoms with van der Waals surface area (Å²) >= 11 is 1.60. The van der Waals surface area contributed by atoms with Crippen molar-refractivity contribution in [3.63, 3.8) is 0 Å². The molecule has 148 valence electrons. The summed E-state index contributed by atoms with van der Waals surface area (Å²) in [5.74, 6) is 0.714. The normalized spacial score (nSPS) is 14.0. The molecular formula is C21H21N5O2S. The number of fused-ring (bicyclic) bond motifs is 3. The number of pyridine rings is 1. The molecule has 0 N–H and O–H groups in total. The lowest BCUT2D eigenvalue weighted by Crippen LogP contribution is -2.39. The van der Waals surface area contributed by atoms with Gasteiger partial charge in [0.15, 0.2) is 0 Å². The third kappa shape index (κ3) is 3.23. The van der Waals surface area contributed by atoms with Crippen LogP contribution in [0.2, 0.25) is 0 Å². The molecule has 1 fully saturated rings. The Balaban J connectivity index is 1.49. The minimum atomic E-state index is -0.224. The maximum atomic E-state index is 13.1. The molecule has 0 spiro atoms. The zero-order valence-corrected chi connectivity index (χ0v) is 16.9. The van der Waals surface area contributed by atoms with Crippen LogP contribution in [-0.4, -0.2) is 36.0 Å². The molecule has 4 heterocycles. The van der Waals surface area contributed by atoms with Crippen LogP contribution in [0.3, 0.4) is 0 Å². The monoisotopic (exact) mass is 407 g/mol. The van der Waals surface area contributed by atoms with E-state index in [0.717, 1.165) is 34.4 Å². The number of rotatable bonds is 6. The van der Waals surface area contributed by atoms with Crippen LogP contribution in [0, 0.1) is 0 Å². The summed E-state index contributed by atoms with van der Waals surface area (Å²) in [4.78, 5) is 32.1. The van der Waals surface area contributed by atoms with Gasteiger partial charge in [-0.1, -0.05) is 6.92 Å². The second-order valence-electron chi connectivity index (χ2n) is 7.38. The lowest BCUT2D eigenvalue weighted by atomic mass is 10.2. The van der Waals surface area contributed by atoms with Crippen molar-refractivity contribution in [2.24, 2.45) is 0 Å². The number of hydrogen-bond acceptors (Lipinski definition) is 5. The molecule has 4 aromatic heterocycles. The van der Waals surface area contributed by atoms with Crippen molar-refractivity contribution in [2.45, 2.75) is 45.3 Å². The van der Waals surface area contributed by atoms with Crippen molar-refractivity contribution in [1.29, 1.82) is 0 Å². The maximum Gasteiger partial charge on any atom is 0.291 e. The Bertz CT molecular complexity index is 1250.